The summed E-state index contributed by atoms with van der Waals surface area (Å²) < 4.78 is 4.65. The zero-order valence-electron chi connectivity index (χ0n) is 13.2. The number of aliphatic hydroxyl groups excluding tert-OH is 1. The van der Waals surface area contributed by atoms with Crippen molar-refractivity contribution < 1.29 is 19.4 Å². The van der Waals surface area contributed by atoms with Crippen molar-refractivity contribution >= 4 is 11.9 Å². The lowest BCUT2D eigenvalue weighted by Gasteiger charge is -2.23. The Kier molecular flexibility index (Phi) is 9.94. The lowest BCUT2D eigenvalue weighted by Crippen LogP contribution is -2.51. The van der Waals surface area contributed by atoms with E-state index >= 15 is 0 Å². The number of rotatable bonds is 10. The number of aliphatic hydroxyl groups is 1. The lowest BCUT2D eigenvalue weighted by atomic mass is 10.0. The molecule has 0 bridgehead atoms. The van der Waals surface area contributed by atoms with Gasteiger partial charge in [0.2, 0.25) is 0 Å². The molecule has 21 heavy (non-hydrogen) atoms. The van der Waals surface area contributed by atoms with Crippen molar-refractivity contribution in [3.63, 3.8) is 0 Å². The molecule has 1 amide bonds. The van der Waals surface area contributed by atoms with Crippen molar-refractivity contribution in [2.24, 2.45) is 17.4 Å². The molecule has 0 spiro atoms. The van der Waals surface area contributed by atoms with Crippen LogP contribution in [0.15, 0.2) is 0 Å². The SMILES string of the molecule is COC(=O)[C@H](CC(C)C)NC(=O)[C@H](O)[C@@H](N)CCCCN. The first-order chi connectivity index (χ1) is 9.83. The summed E-state index contributed by atoms with van der Waals surface area (Å²) >= 11 is 0. The van der Waals surface area contributed by atoms with Gasteiger partial charge in [0.25, 0.3) is 5.91 Å². The van der Waals surface area contributed by atoms with Crippen molar-refractivity contribution in [2.45, 2.75) is 57.7 Å². The maximum absolute atomic E-state index is 12.0. The predicted octanol–water partition coefficient (Wildman–Crippen LogP) is -0.492. The first-order valence-corrected chi connectivity index (χ1v) is 7.35. The second kappa shape index (κ2) is 10.5. The molecule has 0 saturated carbocycles. The Morgan fingerprint density at radius 2 is 1.90 bits per heavy atom. The van der Waals surface area contributed by atoms with Gasteiger partial charge < -0.3 is 26.6 Å². The van der Waals surface area contributed by atoms with Gasteiger partial charge in [-0.1, -0.05) is 20.3 Å². The normalized spacial score (nSPS) is 15.4. The number of hydrogen-bond acceptors (Lipinski definition) is 6. The standard InChI is InChI=1S/C14H29N3O4/c1-9(2)8-11(14(20)21-3)17-13(19)12(18)10(16)6-4-5-7-15/h9-12,18H,4-8,15-16H2,1-3H3,(H,17,19)/t10-,11-,12+/m0/s1. The van der Waals surface area contributed by atoms with E-state index in [1.807, 2.05) is 13.8 Å². The van der Waals surface area contributed by atoms with Crippen LogP contribution in [0, 0.1) is 5.92 Å². The van der Waals surface area contributed by atoms with Crippen molar-refractivity contribution in [1.29, 1.82) is 0 Å². The van der Waals surface area contributed by atoms with Crippen LogP contribution in [0.4, 0.5) is 0 Å². The molecule has 0 rings (SSSR count). The molecule has 7 heteroatoms. The average Bonchev–Trinajstić information content (AvgIpc) is 2.44. The number of esters is 1. The fourth-order valence-corrected chi connectivity index (χ4v) is 1.96. The Morgan fingerprint density at radius 3 is 2.38 bits per heavy atom. The molecule has 0 radical (unpaired) electrons. The molecular weight excluding hydrogens is 274 g/mol. The summed E-state index contributed by atoms with van der Waals surface area (Å²) in [5.74, 6) is -0.975. The second-order valence-electron chi connectivity index (χ2n) is 5.61. The van der Waals surface area contributed by atoms with Gasteiger partial charge in [0.05, 0.1) is 7.11 Å². The molecular formula is C14H29N3O4. The molecule has 0 aliphatic carbocycles. The zero-order chi connectivity index (χ0) is 16.4. The summed E-state index contributed by atoms with van der Waals surface area (Å²) in [5, 5.41) is 12.4. The van der Waals surface area contributed by atoms with E-state index < -0.39 is 30.1 Å². The molecule has 0 aromatic rings. The minimum absolute atomic E-state index is 0.199. The molecule has 0 aromatic carbocycles. The van der Waals surface area contributed by atoms with E-state index in [9.17, 15) is 14.7 Å². The van der Waals surface area contributed by atoms with Crippen LogP contribution < -0.4 is 16.8 Å². The summed E-state index contributed by atoms with van der Waals surface area (Å²) in [7, 11) is 1.26. The second-order valence-corrected chi connectivity index (χ2v) is 5.61. The summed E-state index contributed by atoms with van der Waals surface area (Å²) in [6, 6.07) is -1.44. The van der Waals surface area contributed by atoms with Gasteiger partial charge in [0, 0.05) is 6.04 Å². The molecule has 124 valence electrons. The van der Waals surface area contributed by atoms with Crippen LogP contribution in [0.3, 0.4) is 0 Å². The summed E-state index contributed by atoms with van der Waals surface area (Å²) in [6.45, 7) is 4.40. The van der Waals surface area contributed by atoms with Gasteiger partial charge in [-0.15, -0.1) is 0 Å². The van der Waals surface area contributed by atoms with Crippen LogP contribution >= 0.6 is 0 Å². The minimum Gasteiger partial charge on any atom is -0.467 e. The highest BCUT2D eigenvalue weighted by molar-refractivity contribution is 5.87. The maximum atomic E-state index is 12.0. The molecule has 0 saturated heterocycles. The van der Waals surface area contributed by atoms with E-state index in [4.69, 9.17) is 11.5 Å². The fourth-order valence-electron chi connectivity index (χ4n) is 1.96. The van der Waals surface area contributed by atoms with E-state index in [-0.39, 0.29) is 5.92 Å². The van der Waals surface area contributed by atoms with Crippen molar-refractivity contribution in [2.75, 3.05) is 13.7 Å². The van der Waals surface area contributed by atoms with E-state index in [0.29, 0.717) is 19.4 Å². The third kappa shape index (κ3) is 7.99. The molecule has 7 nitrogen and oxygen atoms in total. The Hall–Kier alpha value is -1.18. The van der Waals surface area contributed by atoms with E-state index in [1.54, 1.807) is 0 Å². The monoisotopic (exact) mass is 303 g/mol. The van der Waals surface area contributed by atoms with Gasteiger partial charge in [0.15, 0.2) is 0 Å². The number of carbonyl (C=O) groups is 2. The van der Waals surface area contributed by atoms with Crippen molar-refractivity contribution in [3.8, 4) is 0 Å². The molecule has 0 aromatic heterocycles. The number of amides is 1. The van der Waals surface area contributed by atoms with Crippen molar-refractivity contribution in [3.05, 3.63) is 0 Å². The molecule has 0 aliphatic rings. The van der Waals surface area contributed by atoms with E-state index in [1.165, 1.54) is 7.11 Å². The van der Waals surface area contributed by atoms with Crippen LogP contribution in [0.2, 0.25) is 0 Å². The molecule has 0 aliphatic heterocycles. The van der Waals surface area contributed by atoms with Crippen LogP contribution in [-0.4, -0.2) is 48.8 Å². The van der Waals surface area contributed by atoms with Crippen LogP contribution in [0.1, 0.15) is 39.5 Å². The maximum Gasteiger partial charge on any atom is 0.328 e. The first kappa shape index (κ1) is 19.8. The van der Waals surface area contributed by atoms with Gasteiger partial charge in [-0.3, -0.25) is 4.79 Å². The van der Waals surface area contributed by atoms with Gasteiger partial charge in [-0.25, -0.2) is 4.79 Å². The van der Waals surface area contributed by atoms with Crippen LogP contribution in [-0.2, 0) is 14.3 Å². The Balaban J connectivity index is 4.48. The molecule has 0 heterocycles. The third-order valence-corrected chi connectivity index (χ3v) is 3.18. The number of unbranched alkanes of at least 4 members (excludes halogenated alkanes) is 1. The highest BCUT2D eigenvalue weighted by Crippen LogP contribution is 2.08. The number of nitrogens with one attached hydrogen (secondary N) is 1. The Labute approximate surface area is 126 Å². The largest absolute Gasteiger partial charge is 0.467 e. The summed E-state index contributed by atoms with van der Waals surface area (Å²) in [4.78, 5) is 23.6. The number of ether oxygens (including phenoxy) is 1. The van der Waals surface area contributed by atoms with E-state index in [2.05, 4.69) is 10.1 Å². The molecule has 0 fully saturated rings. The van der Waals surface area contributed by atoms with Gasteiger partial charge in [0.1, 0.15) is 12.1 Å². The molecule has 6 N–H and O–H groups in total. The smallest absolute Gasteiger partial charge is 0.328 e. The van der Waals surface area contributed by atoms with Gasteiger partial charge >= 0.3 is 5.97 Å². The summed E-state index contributed by atoms with van der Waals surface area (Å²) in [6.07, 6.45) is 1.13. The molecule has 3 atom stereocenters. The van der Waals surface area contributed by atoms with Crippen molar-refractivity contribution in [1.82, 2.24) is 5.32 Å². The van der Waals surface area contributed by atoms with Gasteiger partial charge in [-0.2, -0.15) is 0 Å². The van der Waals surface area contributed by atoms with Gasteiger partial charge in [-0.05, 0) is 31.7 Å². The Morgan fingerprint density at radius 1 is 1.29 bits per heavy atom. The Bertz CT molecular complexity index is 323. The third-order valence-electron chi connectivity index (χ3n) is 3.18. The zero-order valence-corrected chi connectivity index (χ0v) is 13.2. The lowest BCUT2D eigenvalue weighted by molar-refractivity contribution is -0.147. The minimum atomic E-state index is -1.35. The number of carbonyl (C=O) groups excluding carboxylic acids is 2. The fraction of sp³-hybridized carbons (Fsp3) is 0.857. The predicted molar refractivity (Wildman–Crippen MR) is 80.3 cm³/mol. The topological polar surface area (TPSA) is 128 Å². The number of methoxy groups -OCH3 is 1. The highest BCUT2D eigenvalue weighted by atomic mass is 16.5. The van der Waals surface area contributed by atoms with Crippen LogP contribution in [0.5, 0.6) is 0 Å². The van der Waals surface area contributed by atoms with Crippen LogP contribution in [0.25, 0.3) is 0 Å². The number of hydrogen-bond donors (Lipinski definition) is 4. The first-order valence-electron chi connectivity index (χ1n) is 7.35. The highest BCUT2D eigenvalue weighted by Gasteiger charge is 2.28. The van der Waals surface area contributed by atoms with E-state index in [0.717, 1.165) is 12.8 Å². The number of nitrogens with two attached hydrogens (primary N) is 2. The molecule has 0 unspecified atom stereocenters. The summed E-state index contributed by atoms with van der Waals surface area (Å²) in [5.41, 5.74) is 11.2. The average molecular weight is 303 g/mol. The quantitative estimate of drug-likeness (QED) is 0.318.